The number of para-hydroxylation sites is 1. The van der Waals surface area contributed by atoms with Crippen LogP contribution in [0.1, 0.15) is 25.3 Å². The fourth-order valence-corrected chi connectivity index (χ4v) is 7.00. The topological polar surface area (TPSA) is 71.0 Å². The molecule has 6 heteroatoms. The summed E-state index contributed by atoms with van der Waals surface area (Å²) in [5.74, 6) is -0.348. The number of carbonyl (C=O) groups is 1. The Morgan fingerprint density at radius 3 is 3.04 bits per heavy atom. The largest absolute Gasteiger partial charge is 0.466 e. The highest BCUT2D eigenvalue weighted by Crippen LogP contribution is 2.68. The quantitative estimate of drug-likeness (QED) is 0.769. The third-order valence-electron chi connectivity index (χ3n) is 7.80. The Hall–Kier alpha value is -1.89. The monoisotopic (exact) mass is 368 g/mol. The zero-order chi connectivity index (χ0) is 18.6. The minimum absolute atomic E-state index is 0.0466. The maximum absolute atomic E-state index is 13.0. The van der Waals surface area contributed by atoms with E-state index in [1.54, 1.807) is 0 Å². The Kier molecular flexibility index (Phi) is 2.94. The van der Waals surface area contributed by atoms with Crippen molar-refractivity contribution < 1.29 is 19.4 Å². The normalized spacial score (nSPS) is 41.8. The fourth-order valence-electron chi connectivity index (χ4n) is 7.00. The number of nitrogens with zero attached hydrogens (tertiary/aromatic N) is 1. The van der Waals surface area contributed by atoms with E-state index in [9.17, 15) is 9.90 Å². The van der Waals surface area contributed by atoms with Crippen molar-refractivity contribution in [3.8, 4) is 0 Å². The molecule has 4 heterocycles. The highest BCUT2D eigenvalue weighted by atomic mass is 16.5. The number of hydrogen-bond donors (Lipinski definition) is 2. The van der Waals surface area contributed by atoms with E-state index in [1.165, 1.54) is 12.7 Å². The van der Waals surface area contributed by atoms with Gasteiger partial charge in [0.25, 0.3) is 0 Å². The van der Waals surface area contributed by atoms with Crippen LogP contribution in [0.25, 0.3) is 0 Å². The van der Waals surface area contributed by atoms with Gasteiger partial charge < -0.3 is 19.9 Å². The second-order valence-electron chi connectivity index (χ2n) is 8.70. The number of carbonyl (C=O) groups excluding carboxylic acids is 1. The zero-order valence-electron chi connectivity index (χ0n) is 15.6. The first-order valence-electron chi connectivity index (χ1n) is 9.81. The number of hydrogen-bond acceptors (Lipinski definition) is 6. The third-order valence-corrected chi connectivity index (χ3v) is 7.80. The van der Waals surface area contributed by atoms with Crippen molar-refractivity contribution in [2.45, 2.75) is 49.5 Å². The van der Waals surface area contributed by atoms with Crippen molar-refractivity contribution in [1.29, 1.82) is 0 Å². The highest BCUT2D eigenvalue weighted by molar-refractivity contribution is 5.94. The number of aliphatic hydroxyl groups is 1. The highest BCUT2D eigenvalue weighted by Gasteiger charge is 2.75. The first-order valence-corrected chi connectivity index (χ1v) is 9.81. The summed E-state index contributed by atoms with van der Waals surface area (Å²) >= 11 is 0. The Morgan fingerprint density at radius 1 is 1.44 bits per heavy atom. The standard InChI is InChI=1S/C21H24N2O4/c1-11(24)21-9-12-10-23-8-7-20(19(21)23)13-5-3-4-6-14(13)22-16(20)15(17(21)27-12)18(25)26-2/h3-6,11-12,17,19,22,24H,7-10H2,1-2H3/t11-,12-,17-,19+,20-,21+/m0/s1. The molecule has 2 N–H and O–H groups in total. The van der Waals surface area contributed by atoms with Gasteiger partial charge in [0, 0.05) is 29.4 Å². The van der Waals surface area contributed by atoms with Gasteiger partial charge in [-0.1, -0.05) is 18.2 Å². The lowest BCUT2D eigenvalue weighted by Gasteiger charge is -2.55. The Morgan fingerprint density at radius 2 is 2.26 bits per heavy atom. The summed E-state index contributed by atoms with van der Waals surface area (Å²) in [6.45, 7) is 3.67. The molecule has 6 rings (SSSR count). The molecule has 4 aliphatic heterocycles. The number of anilines is 1. The number of rotatable bonds is 2. The van der Waals surface area contributed by atoms with Gasteiger partial charge in [-0.3, -0.25) is 4.90 Å². The van der Waals surface area contributed by atoms with Crippen LogP contribution in [-0.2, 0) is 19.7 Å². The molecule has 6 atom stereocenters. The third kappa shape index (κ3) is 1.59. The molecular weight excluding hydrogens is 344 g/mol. The van der Waals surface area contributed by atoms with E-state index >= 15 is 0 Å². The molecule has 1 aromatic rings. The van der Waals surface area contributed by atoms with Crippen LogP contribution in [0.15, 0.2) is 35.5 Å². The van der Waals surface area contributed by atoms with Crippen LogP contribution in [0.4, 0.5) is 5.69 Å². The molecule has 1 aromatic carbocycles. The number of esters is 1. The average Bonchev–Trinajstić information content (AvgIpc) is 3.31. The van der Waals surface area contributed by atoms with E-state index < -0.39 is 17.6 Å². The summed E-state index contributed by atoms with van der Waals surface area (Å²) in [7, 11) is 1.42. The molecule has 5 aliphatic rings. The van der Waals surface area contributed by atoms with Crippen LogP contribution in [0.2, 0.25) is 0 Å². The van der Waals surface area contributed by atoms with Crippen LogP contribution in [-0.4, -0.2) is 60.5 Å². The number of ether oxygens (including phenoxy) is 2. The molecule has 142 valence electrons. The lowest BCUT2D eigenvalue weighted by Crippen LogP contribution is -2.66. The summed E-state index contributed by atoms with van der Waals surface area (Å²) in [4.78, 5) is 15.5. The number of nitrogens with one attached hydrogen (secondary N) is 1. The molecule has 2 bridgehead atoms. The fraction of sp³-hybridized carbons (Fsp3) is 0.571. The maximum atomic E-state index is 13.0. The van der Waals surface area contributed by atoms with E-state index in [0.717, 1.165) is 37.3 Å². The lowest BCUT2D eigenvalue weighted by molar-refractivity contribution is -0.140. The van der Waals surface area contributed by atoms with E-state index in [1.807, 2.05) is 13.0 Å². The van der Waals surface area contributed by atoms with Gasteiger partial charge in [0.15, 0.2) is 0 Å². The van der Waals surface area contributed by atoms with Gasteiger partial charge in [0.2, 0.25) is 0 Å². The van der Waals surface area contributed by atoms with Crippen LogP contribution in [0.5, 0.6) is 0 Å². The van der Waals surface area contributed by atoms with E-state index in [-0.39, 0.29) is 23.5 Å². The molecule has 0 radical (unpaired) electrons. The second-order valence-corrected chi connectivity index (χ2v) is 8.70. The Balaban J connectivity index is 1.72. The average molecular weight is 368 g/mol. The molecule has 0 saturated carbocycles. The lowest BCUT2D eigenvalue weighted by atomic mass is 9.52. The second kappa shape index (κ2) is 4.93. The van der Waals surface area contributed by atoms with Crippen LogP contribution in [0, 0.1) is 5.41 Å². The van der Waals surface area contributed by atoms with Crippen LogP contribution < -0.4 is 5.32 Å². The summed E-state index contributed by atoms with van der Waals surface area (Å²) in [6.07, 6.45) is 0.752. The molecule has 3 saturated heterocycles. The van der Waals surface area contributed by atoms with E-state index in [0.29, 0.717) is 5.57 Å². The predicted molar refractivity (Wildman–Crippen MR) is 98.2 cm³/mol. The minimum Gasteiger partial charge on any atom is -0.466 e. The van der Waals surface area contributed by atoms with Crippen molar-refractivity contribution >= 4 is 11.7 Å². The molecule has 1 aliphatic carbocycles. The summed E-state index contributed by atoms with van der Waals surface area (Å²) < 4.78 is 11.6. The maximum Gasteiger partial charge on any atom is 0.338 e. The minimum atomic E-state index is -0.579. The van der Waals surface area contributed by atoms with Crippen molar-refractivity contribution in [1.82, 2.24) is 4.90 Å². The summed E-state index contributed by atoms with van der Waals surface area (Å²) in [6, 6.07) is 8.45. The summed E-state index contributed by atoms with van der Waals surface area (Å²) in [5.41, 5.74) is 3.00. The zero-order valence-corrected chi connectivity index (χ0v) is 15.6. The van der Waals surface area contributed by atoms with Gasteiger partial charge in [-0.2, -0.15) is 0 Å². The number of aliphatic hydroxyl groups excluding tert-OH is 1. The first kappa shape index (κ1) is 16.1. The van der Waals surface area contributed by atoms with Gasteiger partial charge in [0.1, 0.15) is 6.10 Å². The molecular formula is C21H24N2O4. The van der Waals surface area contributed by atoms with E-state index in [2.05, 4.69) is 28.4 Å². The SMILES string of the molecule is COC(=O)C1=C2Nc3ccccc3[C@@]23CCN2C[C@@H]4C[C@@]([C@H](C)O)([C@H]1O4)[C@H]23. The van der Waals surface area contributed by atoms with Crippen molar-refractivity contribution in [3.05, 3.63) is 41.1 Å². The first-order chi connectivity index (χ1) is 13.0. The molecule has 27 heavy (non-hydrogen) atoms. The predicted octanol–water partition coefficient (Wildman–Crippen LogP) is 1.40. The molecule has 0 unspecified atom stereocenters. The van der Waals surface area contributed by atoms with Crippen molar-refractivity contribution in [2.75, 3.05) is 25.5 Å². The van der Waals surface area contributed by atoms with Crippen LogP contribution in [0.3, 0.4) is 0 Å². The van der Waals surface area contributed by atoms with E-state index in [4.69, 9.17) is 9.47 Å². The molecule has 6 nitrogen and oxygen atoms in total. The molecule has 0 amide bonds. The van der Waals surface area contributed by atoms with Crippen LogP contribution >= 0.6 is 0 Å². The number of benzene rings is 1. The van der Waals surface area contributed by atoms with Crippen molar-refractivity contribution in [3.63, 3.8) is 0 Å². The van der Waals surface area contributed by atoms with Gasteiger partial charge in [-0.15, -0.1) is 0 Å². The number of fused-ring (bicyclic) bond motifs is 2. The molecule has 3 fully saturated rings. The van der Waals surface area contributed by atoms with Crippen molar-refractivity contribution in [2.24, 2.45) is 5.41 Å². The van der Waals surface area contributed by atoms with Gasteiger partial charge in [-0.05, 0) is 37.9 Å². The molecule has 1 spiro atoms. The summed E-state index contributed by atoms with van der Waals surface area (Å²) in [5, 5.41) is 14.6. The number of piperidine rings is 1. The van der Waals surface area contributed by atoms with Gasteiger partial charge >= 0.3 is 5.97 Å². The van der Waals surface area contributed by atoms with Gasteiger partial charge in [-0.25, -0.2) is 4.79 Å². The Bertz CT molecular complexity index is 896. The number of methoxy groups -OCH3 is 1. The smallest absolute Gasteiger partial charge is 0.338 e. The van der Waals surface area contributed by atoms with Gasteiger partial charge in [0.05, 0.1) is 30.3 Å². The molecule has 0 aromatic heterocycles. The Labute approximate surface area is 158 Å².